The van der Waals surface area contributed by atoms with Crippen LogP contribution in [0.5, 0.6) is 5.75 Å². The molecule has 1 atom stereocenters. The Kier molecular flexibility index (Phi) is 5.79. The number of ketones is 1. The van der Waals surface area contributed by atoms with Crippen LogP contribution in [0.4, 0.5) is 5.69 Å². The first-order valence-electron chi connectivity index (χ1n) is 9.88. The van der Waals surface area contributed by atoms with Gasteiger partial charge in [-0.05, 0) is 44.5 Å². The number of ether oxygens (including phenoxy) is 1. The highest BCUT2D eigenvalue weighted by atomic mass is 35.5. The summed E-state index contributed by atoms with van der Waals surface area (Å²) in [6, 6.07) is 11.6. The summed E-state index contributed by atoms with van der Waals surface area (Å²) >= 11 is 7.56. The maximum Gasteiger partial charge on any atom is 0.294 e. The van der Waals surface area contributed by atoms with Crippen LogP contribution in [0.2, 0.25) is 5.02 Å². The highest BCUT2D eigenvalue weighted by Gasteiger charge is 2.45. The van der Waals surface area contributed by atoms with Crippen LogP contribution in [0.25, 0.3) is 0 Å². The summed E-state index contributed by atoms with van der Waals surface area (Å²) in [4.78, 5) is 33.0. The zero-order valence-corrected chi connectivity index (χ0v) is 19.5. The van der Waals surface area contributed by atoms with Gasteiger partial charge in [-0.15, -0.1) is 11.3 Å². The average Bonchev–Trinajstić information content (AvgIpc) is 3.23. The van der Waals surface area contributed by atoms with E-state index in [1.165, 1.54) is 23.3 Å². The molecule has 2 aromatic carbocycles. The fourth-order valence-electron chi connectivity index (χ4n) is 3.93. The number of aromatic nitrogens is 1. The van der Waals surface area contributed by atoms with E-state index < -0.39 is 23.5 Å². The van der Waals surface area contributed by atoms with Gasteiger partial charge < -0.3 is 9.84 Å². The summed E-state index contributed by atoms with van der Waals surface area (Å²) in [6.07, 6.45) is 0. The second-order valence-corrected chi connectivity index (χ2v) is 9.16. The molecule has 164 valence electrons. The molecule has 0 fully saturated rings. The van der Waals surface area contributed by atoms with Crippen LogP contribution in [-0.4, -0.2) is 28.9 Å². The van der Waals surface area contributed by atoms with Gasteiger partial charge >= 0.3 is 0 Å². The first-order chi connectivity index (χ1) is 15.2. The minimum Gasteiger partial charge on any atom is -0.503 e. The van der Waals surface area contributed by atoms with E-state index in [2.05, 4.69) is 4.98 Å². The molecule has 6 nitrogen and oxygen atoms in total. The second kappa shape index (κ2) is 8.41. The quantitative estimate of drug-likeness (QED) is 0.499. The van der Waals surface area contributed by atoms with Crippen molar-refractivity contribution in [2.45, 2.75) is 26.8 Å². The minimum absolute atomic E-state index is 0.0271. The standard InChI is InChI=1S/C24H21ClN2O4S/c1-12-6-5-7-15(10-12)20-19(21(28)23-13(2)26-14(3)32-23)22(29)24(30)27(20)16-8-9-18(31-4)17(25)11-16/h5-11,20,29H,1-4H3. The number of carbonyl (C=O) groups is 2. The number of thiazole rings is 1. The van der Waals surface area contributed by atoms with Crippen molar-refractivity contribution in [3.8, 4) is 5.75 Å². The molecule has 1 unspecified atom stereocenters. The molecule has 32 heavy (non-hydrogen) atoms. The SMILES string of the molecule is COc1ccc(N2C(=O)C(O)=C(C(=O)c3sc(C)nc3C)C2c2cccc(C)c2)cc1Cl. The third kappa shape index (κ3) is 3.67. The van der Waals surface area contributed by atoms with Crippen LogP contribution in [0.15, 0.2) is 53.8 Å². The van der Waals surface area contributed by atoms with Crippen LogP contribution in [-0.2, 0) is 4.79 Å². The highest BCUT2D eigenvalue weighted by molar-refractivity contribution is 7.14. The Morgan fingerprint density at radius 2 is 1.94 bits per heavy atom. The van der Waals surface area contributed by atoms with Crippen molar-refractivity contribution in [3.63, 3.8) is 0 Å². The molecule has 0 radical (unpaired) electrons. The van der Waals surface area contributed by atoms with E-state index >= 15 is 0 Å². The maximum atomic E-state index is 13.6. The van der Waals surface area contributed by atoms with Gasteiger partial charge in [-0.3, -0.25) is 14.5 Å². The Labute approximate surface area is 194 Å². The topological polar surface area (TPSA) is 79.7 Å². The zero-order chi connectivity index (χ0) is 23.2. The summed E-state index contributed by atoms with van der Waals surface area (Å²) in [5.74, 6) is -1.19. The largest absolute Gasteiger partial charge is 0.503 e. The van der Waals surface area contributed by atoms with E-state index in [4.69, 9.17) is 16.3 Å². The predicted octanol–water partition coefficient (Wildman–Crippen LogP) is 5.51. The minimum atomic E-state index is -0.818. The Bertz CT molecular complexity index is 1280. The Balaban J connectivity index is 1.90. The molecule has 2 heterocycles. The second-order valence-electron chi connectivity index (χ2n) is 7.55. The number of methoxy groups -OCH3 is 1. The molecule has 1 aliphatic rings. The van der Waals surface area contributed by atoms with Crippen LogP contribution >= 0.6 is 22.9 Å². The number of benzene rings is 2. The van der Waals surface area contributed by atoms with Gasteiger partial charge in [-0.2, -0.15) is 0 Å². The van der Waals surface area contributed by atoms with Gasteiger partial charge in [0.25, 0.3) is 5.91 Å². The van der Waals surface area contributed by atoms with Crippen LogP contribution in [0.3, 0.4) is 0 Å². The molecule has 0 bridgehead atoms. The number of rotatable bonds is 5. The molecule has 1 N–H and O–H groups in total. The molecule has 0 saturated carbocycles. The molecule has 3 aromatic rings. The van der Waals surface area contributed by atoms with Crippen molar-refractivity contribution < 1.29 is 19.4 Å². The lowest BCUT2D eigenvalue weighted by Crippen LogP contribution is -2.31. The third-order valence-electron chi connectivity index (χ3n) is 5.33. The van der Waals surface area contributed by atoms with Crippen LogP contribution in [0.1, 0.15) is 37.5 Å². The van der Waals surface area contributed by atoms with Gasteiger partial charge in [0.2, 0.25) is 5.78 Å². The average molecular weight is 469 g/mol. The summed E-state index contributed by atoms with van der Waals surface area (Å²) in [5, 5.41) is 11.9. The number of anilines is 1. The molecular formula is C24H21ClN2O4S. The molecule has 1 aromatic heterocycles. The summed E-state index contributed by atoms with van der Waals surface area (Å²) in [5.41, 5.74) is 2.71. The maximum absolute atomic E-state index is 13.6. The number of halogens is 1. The van der Waals surface area contributed by atoms with Crippen molar-refractivity contribution in [2.75, 3.05) is 12.0 Å². The number of aliphatic hydroxyl groups excluding tert-OH is 1. The number of nitrogens with zero attached hydrogens (tertiary/aromatic N) is 2. The number of Topliss-reactive ketones (excluding diaryl/α,β-unsaturated/α-hetero) is 1. The van der Waals surface area contributed by atoms with Crippen molar-refractivity contribution in [2.24, 2.45) is 0 Å². The van der Waals surface area contributed by atoms with Crippen molar-refractivity contribution in [3.05, 3.63) is 85.5 Å². The summed E-state index contributed by atoms with van der Waals surface area (Å²) in [6.45, 7) is 5.48. The number of aryl methyl sites for hydroxylation is 3. The van der Waals surface area contributed by atoms with Crippen LogP contribution < -0.4 is 9.64 Å². The monoisotopic (exact) mass is 468 g/mol. The van der Waals surface area contributed by atoms with Crippen molar-refractivity contribution in [1.29, 1.82) is 0 Å². The number of hydrogen-bond donors (Lipinski definition) is 1. The van der Waals surface area contributed by atoms with E-state index in [0.717, 1.165) is 10.6 Å². The van der Waals surface area contributed by atoms with E-state index in [0.29, 0.717) is 32.6 Å². The van der Waals surface area contributed by atoms with E-state index in [1.54, 1.807) is 25.1 Å². The summed E-state index contributed by atoms with van der Waals surface area (Å²) < 4.78 is 5.22. The molecule has 0 saturated heterocycles. The smallest absolute Gasteiger partial charge is 0.294 e. The lowest BCUT2D eigenvalue weighted by molar-refractivity contribution is -0.117. The van der Waals surface area contributed by atoms with Gasteiger partial charge in [-0.1, -0.05) is 41.4 Å². The van der Waals surface area contributed by atoms with Crippen LogP contribution in [0, 0.1) is 20.8 Å². The third-order valence-corrected chi connectivity index (χ3v) is 6.70. The van der Waals surface area contributed by atoms with Gasteiger partial charge in [0.1, 0.15) is 5.75 Å². The summed E-state index contributed by atoms with van der Waals surface area (Å²) in [7, 11) is 1.50. The fourth-order valence-corrected chi connectivity index (χ4v) is 5.05. The number of carbonyl (C=O) groups excluding carboxylic acids is 2. The Hall–Kier alpha value is -3.16. The first-order valence-corrected chi connectivity index (χ1v) is 11.1. The lowest BCUT2D eigenvalue weighted by atomic mass is 9.94. The molecule has 4 rings (SSSR count). The van der Waals surface area contributed by atoms with Gasteiger partial charge in [0, 0.05) is 5.69 Å². The number of aliphatic hydroxyl groups is 1. The van der Waals surface area contributed by atoms with E-state index in [1.807, 2.05) is 38.1 Å². The molecule has 1 amide bonds. The molecular weight excluding hydrogens is 448 g/mol. The van der Waals surface area contributed by atoms with Gasteiger partial charge in [-0.25, -0.2) is 4.98 Å². The number of hydrogen-bond acceptors (Lipinski definition) is 6. The zero-order valence-electron chi connectivity index (χ0n) is 18.0. The molecule has 8 heteroatoms. The molecule has 0 spiro atoms. The van der Waals surface area contributed by atoms with E-state index in [9.17, 15) is 14.7 Å². The van der Waals surface area contributed by atoms with E-state index in [-0.39, 0.29) is 5.57 Å². The molecule has 0 aliphatic carbocycles. The Morgan fingerprint density at radius 3 is 2.53 bits per heavy atom. The lowest BCUT2D eigenvalue weighted by Gasteiger charge is -2.27. The van der Waals surface area contributed by atoms with Gasteiger partial charge in [0.05, 0.1) is 39.3 Å². The fraction of sp³-hybridized carbons (Fsp3) is 0.208. The Morgan fingerprint density at radius 1 is 1.19 bits per heavy atom. The first kappa shape index (κ1) is 22.0. The molecule has 1 aliphatic heterocycles. The normalized spacial score (nSPS) is 16.1. The van der Waals surface area contributed by atoms with Crippen molar-refractivity contribution in [1.82, 2.24) is 4.98 Å². The predicted molar refractivity (Wildman–Crippen MR) is 125 cm³/mol. The van der Waals surface area contributed by atoms with Crippen molar-refractivity contribution >= 4 is 40.3 Å². The van der Waals surface area contributed by atoms with Gasteiger partial charge in [0.15, 0.2) is 5.76 Å². The highest BCUT2D eigenvalue weighted by Crippen LogP contribution is 2.44. The number of amides is 1.